The Morgan fingerprint density at radius 2 is 1.95 bits per heavy atom. The lowest BCUT2D eigenvalue weighted by molar-refractivity contribution is 0.949. The highest BCUT2D eigenvalue weighted by molar-refractivity contribution is 6.35. The van der Waals surface area contributed by atoms with Gasteiger partial charge in [0.25, 0.3) is 0 Å². The molecule has 0 spiro atoms. The first-order valence-corrected chi connectivity index (χ1v) is 8.10. The zero-order valence-electron chi connectivity index (χ0n) is 12.6. The number of rotatable bonds is 2. The average Bonchev–Trinajstić information content (AvgIpc) is 3.17. The minimum absolute atomic E-state index is 0.686. The van der Waals surface area contributed by atoms with Gasteiger partial charge in [0.2, 0.25) is 0 Å². The average molecular weight is 312 g/mol. The second-order valence-electron chi connectivity index (χ2n) is 5.92. The molecular formula is C18H18ClN3. The largest absolute Gasteiger partial charge is 0.371 e. The van der Waals surface area contributed by atoms with E-state index in [2.05, 4.69) is 40.0 Å². The van der Waals surface area contributed by atoms with Gasteiger partial charge in [0.15, 0.2) is 0 Å². The fourth-order valence-corrected chi connectivity index (χ4v) is 3.47. The van der Waals surface area contributed by atoms with Crippen molar-refractivity contribution in [2.24, 2.45) is 0 Å². The van der Waals surface area contributed by atoms with Crippen LogP contribution in [0.15, 0.2) is 36.4 Å². The van der Waals surface area contributed by atoms with E-state index in [1.807, 2.05) is 18.2 Å². The van der Waals surface area contributed by atoms with Crippen LogP contribution < -0.4 is 4.90 Å². The number of aromatic nitrogens is 2. The van der Waals surface area contributed by atoms with Crippen LogP contribution in [0, 0.1) is 6.92 Å². The number of benzene rings is 2. The summed E-state index contributed by atoms with van der Waals surface area (Å²) >= 11 is 6.21. The Morgan fingerprint density at radius 3 is 2.68 bits per heavy atom. The van der Waals surface area contributed by atoms with Crippen LogP contribution in [0.5, 0.6) is 0 Å². The van der Waals surface area contributed by atoms with Gasteiger partial charge < -0.3 is 9.88 Å². The number of halogens is 1. The van der Waals surface area contributed by atoms with Crippen LogP contribution in [0.2, 0.25) is 5.02 Å². The van der Waals surface area contributed by atoms with Crippen LogP contribution in [0.3, 0.4) is 0 Å². The molecule has 4 heteroatoms. The normalized spacial score (nSPS) is 14.9. The number of imidazole rings is 1. The van der Waals surface area contributed by atoms with Gasteiger partial charge in [0, 0.05) is 24.3 Å². The summed E-state index contributed by atoms with van der Waals surface area (Å²) in [6.45, 7) is 4.51. The number of aromatic amines is 1. The lowest BCUT2D eigenvalue weighted by Gasteiger charge is -2.20. The highest BCUT2D eigenvalue weighted by Gasteiger charge is 2.15. The maximum absolute atomic E-state index is 6.21. The summed E-state index contributed by atoms with van der Waals surface area (Å²) in [7, 11) is 0. The molecule has 0 amide bonds. The number of aryl methyl sites for hydroxylation is 1. The molecule has 2 aromatic carbocycles. The van der Waals surface area contributed by atoms with Crippen LogP contribution in [-0.4, -0.2) is 23.1 Å². The van der Waals surface area contributed by atoms with Crippen LogP contribution in [0.4, 0.5) is 5.69 Å². The van der Waals surface area contributed by atoms with Crippen molar-refractivity contribution in [2.45, 2.75) is 19.8 Å². The monoisotopic (exact) mass is 311 g/mol. The van der Waals surface area contributed by atoms with E-state index >= 15 is 0 Å². The maximum atomic E-state index is 6.21. The minimum atomic E-state index is 0.686. The molecule has 4 rings (SSSR count). The van der Waals surface area contributed by atoms with Gasteiger partial charge in [-0.1, -0.05) is 17.7 Å². The van der Waals surface area contributed by atoms with E-state index in [0.29, 0.717) is 5.02 Å². The fourth-order valence-electron chi connectivity index (χ4n) is 3.25. The highest BCUT2D eigenvalue weighted by atomic mass is 35.5. The molecule has 0 saturated carbocycles. The first kappa shape index (κ1) is 13.6. The summed E-state index contributed by atoms with van der Waals surface area (Å²) in [6, 6.07) is 12.4. The first-order chi connectivity index (χ1) is 10.7. The van der Waals surface area contributed by atoms with Crippen molar-refractivity contribution in [3.63, 3.8) is 0 Å². The number of nitrogens with one attached hydrogen (secondary N) is 1. The van der Waals surface area contributed by atoms with Crippen LogP contribution in [0.1, 0.15) is 18.4 Å². The van der Waals surface area contributed by atoms with Crippen molar-refractivity contribution < 1.29 is 0 Å². The Kier molecular flexibility index (Phi) is 3.30. The van der Waals surface area contributed by atoms with Gasteiger partial charge in [-0.2, -0.15) is 0 Å². The smallest absolute Gasteiger partial charge is 0.138 e. The zero-order valence-corrected chi connectivity index (χ0v) is 13.3. The van der Waals surface area contributed by atoms with Gasteiger partial charge in [-0.3, -0.25) is 0 Å². The van der Waals surface area contributed by atoms with Crippen molar-refractivity contribution >= 4 is 28.3 Å². The Morgan fingerprint density at radius 1 is 1.14 bits per heavy atom. The molecule has 1 aromatic heterocycles. The molecule has 2 heterocycles. The fraction of sp³-hybridized carbons (Fsp3) is 0.278. The summed E-state index contributed by atoms with van der Waals surface area (Å²) < 4.78 is 0. The molecule has 1 aliphatic heterocycles. The molecule has 1 fully saturated rings. The SMILES string of the molecule is Cc1cc(-c2nc3c(Cl)cccc3[nH]2)ccc1N1CCCC1. The maximum Gasteiger partial charge on any atom is 0.138 e. The third-order valence-electron chi connectivity index (χ3n) is 4.38. The molecule has 3 aromatic rings. The van der Waals surface area contributed by atoms with Gasteiger partial charge in [0.1, 0.15) is 11.3 Å². The van der Waals surface area contributed by atoms with Crippen molar-refractivity contribution in [3.05, 3.63) is 47.0 Å². The van der Waals surface area contributed by atoms with E-state index < -0.39 is 0 Å². The molecule has 0 atom stereocenters. The number of hydrogen-bond donors (Lipinski definition) is 1. The van der Waals surface area contributed by atoms with E-state index in [1.165, 1.54) is 37.2 Å². The minimum Gasteiger partial charge on any atom is -0.371 e. The molecule has 3 nitrogen and oxygen atoms in total. The molecule has 1 N–H and O–H groups in total. The van der Waals surface area contributed by atoms with Crippen LogP contribution >= 0.6 is 11.6 Å². The molecule has 0 bridgehead atoms. The summed E-state index contributed by atoms with van der Waals surface area (Å²) in [5.74, 6) is 0.874. The number of nitrogens with zero attached hydrogens (tertiary/aromatic N) is 2. The molecule has 112 valence electrons. The number of anilines is 1. The van der Waals surface area contributed by atoms with Gasteiger partial charge >= 0.3 is 0 Å². The van der Waals surface area contributed by atoms with Crippen molar-refractivity contribution in [1.82, 2.24) is 9.97 Å². The Hall–Kier alpha value is -2.00. The van der Waals surface area contributed by atoms with Crippen LogP contribution in [-0.2, 0) is 0 Å². The second kappa shape index (κ2) is 5.33. The second-order valence-corrected chi connectivity index (χ2v) is 6.32. The van der Waals surface area contributed by atoms with Gasteiger partial charge in [-0.05, 0) is 55.7 Å². The number of H-pyrrole nitrogens is 1. The first-order valence-electron chi connectivity index (χ1n) is 7.72. The van der Waals surface area contributed by atoms with Gasteiger partial charge in [0.05, 0.1) is 10.5 Å². The standard InChI is InChI=1S/C18H18ClN3/c1-12-11-13(7-8-16(12)22-9-2-3-10-22)18-20-15-6-4-5-14(19)17(15)21-18/h4-8,11H,2-3,9-10H2,1H3,(H,20,21). The Bertz CT molecular complexity index is 831. The molecule has 22 heavy (non-hydrogen) atoms. The number of para-hydroxylation sites is 1. The van der Waals surface area contributed by atoms with E-state index in [0.717, 1.165) is 22.4 Å². The van der Waals surface area contributed by atoms with E-state index in [-0.39, 0.29) is 0 Å². The molecule has 0 unspecified atom stereocenters. The predicted molar refractivity (Wildman–Crippen MR) is 92.7 cm³/mol. The summed E-state index contributed by atoms with van der Waals surface area (Å²) in [4.78, 5) is 10.5. The highest BCUT2D eigenvalue weighted by Crippen LogP contribution is 2.30. The number of hydrogen-bond acceptors (Lipinski definition) is 2. The molecule has 0 radical (unpaired) electrons. The van der Waals surface area contributed by atoms with E-state index in [1.54, 1.807) is 0 Å². The zero-order chi connectivity index (χ0) is 15.1. The van der Waals surface area contributed by atoms with Crippen molar-refractivity contribution in [3.8, 4) is 11.4 Å². The Labute approximate surface area is 134 Å². The molecule has 0 aliphatic carbocycles. The lowest BCUT2D eigenvalue weighted by atomic mass is 10.1. The van der Waals surface area contributed by atoms with Crippen molar-refractivity contribution in [1.29, 1.82) is 0 Å². The Balaban J connectivity index is 1.75. The molecule has 1 aliphatic rings. The summed E-state index contributed by atoms with van der Waals surface area (Å²) in [6.07, 6.45) is 2.59. The van der Waals surface area contributed by atoms with Crippen molar-refractivity contribution in [2.75, 3.05) is 18.0 Å². The van der Waals surface area contributed by atoms with Gasteiger partial charge in [-0.25, -0.2) is 4.98 Å². The predicted octanol–water partition coefficient (Wildman–Crippen LogP) is 4.79. The third-order valence-corrected chi connectivity index (χ3v) is 4.69. The van der Waals surface area contributed by atoms with E-state index in [9.17, 15) is 0 Å². The molecular weight excluding hydrogens is 294 g/mol. The summed E-state index contributed by atoms with van der Waals surface area (Å²) in [5.41, 5.74) is 5.55. The topological polar surface area (TPSA) is 31.9 Å². The quantitative estimate of drug-likeness (QED) is 0.737. The van der Waals surface area contributed by atoms with E-state index in [4.69, 9.17) is 11.6 Å². The van der Waals surface area contributed by atoms with Gasteiger partial charge in [-0.15, -0.1) is 0 Å². The number of fused-ring (bicyclic) bond motifs is 1. The summed E-state index contributed by atoms with van der Waals surface area (Å²) in [5, 5.41) is 0.686. The third kappa shape index (κ3) is 2.26. The molecule has 1 saturated heterocycles. The van der Waals surface area contributed by atoms with Crippen LogP contribution in [0.25, 0.3) is 22.4 Å². The lowest BCUT2D eigenvalue weighted by Crippen LogP contribution is -2.18.